The number of benzene rings is 1. The molecule has 0 spiro atoms. The van der Waals surface area contributed by atoms with Crippen LogP contribution >= 0.6 is 0 Å². The zero-order valence-corrected chi connectivity index (χ0v) is 13.8. The summed E-state index contributed by atoms with van der Waals surface area (Å²) >= 11 is 0. The number of nitrogens with one attached hydrogen (secondary N) is 1. The minimum Gasteiger partial charge on any atom is -0.356 e. The van der Waals surface area contributed by atoms with E-state index < -0.39 is 0 Å². The number of hydrogen-bond donors (Lipinski definition) is 1. The Morgan fingerprint density at radius 3 is 2.83 bits per heavy atom. The number of amides is 2. The summed E-state index contributed by atoms with van der Waals surface area (Å²) in [5.74, 6) is 0.525. The van der Waals surface area contributed by atoms with Gasteiger partial charge in [-0.2, -0.15) is 0 Å². The van der Waals surface area contributed by atoms with Crippen LogP contribution in [0.15, 0.2) is 36.4 Å². The number of likely N-dealkylation sites (tertiary alicyclic amines) is 1. The first-order valence-corrected chi connectivity index (χ1v) is 8.47. The summed E-state index contributed by atoms with van der Waals surface area (Å²) in [6, 6.07) is 9.83. The van der Waals surface area contributed by atoms with Crippen LogP contribution in [0.2, 0.25) is 0 Å². The maximum absolute atomic E-state index is 12.3. The normalized spacial score (nSPS) is 18.1. The van der Waals surface area contributed by atoms with Crippen LogP contribution in [0.5, 0.6) is 0 Å². The molecular weight excluding hydrogens is 288 g/mol. The molecule has 23 heavy (non-hydrogen) atoms. The number of hydrogen-bond acceptors (Lipinski definition) is 2. The van der Waals surface area contributed by atoms with Crippen molar-refractivity contribution < 1.29 is 9.59 Å². The quantitative estimate of drug-likeness (QED) is 0.821. The first-order valence-electron chi connectivity index (χ1n) is 8.47. The average Bonchev–Trinajstić information content (AvgIpc) is 2.59. The number of rotatable bonds is 6. The van der Waals surface area contributed by atoms with Crippen molar-refractivity contribution in [2.24, 2.45) is 5.92 Å². The highest BCUT2D eigenvalue weighted by Gasteiger charge is 2.22. The van der Waals surface area contributed by atoms with E-state index in [0.717, 1.165) is 37.9 Å². The lowest BCUT2D eigenvalue weighted by Gasteiger charge is -2.32. The largest absolute Gasteiger partial charge is 0.356 e. The van der Waals surface area contributed by atoms with Crippen LogP contribution in [0.4, 0.5) is 0 Å². The van der Waals surface area contributed by atoms with Crippen LogP contribution < -0.4 is 5.32 Å². The highest BCUT2D eigenvalue weighted by atomic mass is 16.2. The molecule has 1 saturated heterocycles. The monoisotopic (exact) mass is 314 g/mol. The molecule has 1 aliphatic heterocycles. The fourth-order valence-corrected chi connectivity index (χ4v) is 2.84. The van der Waals surface area contributed by atoms with Crippen molar-refractivity contribution in [3.8, 4) is 0 Å². The molecule has 2 rings (SSSR count). The van der Waals surface area contributed by atoms with E-state index in [1.165, 1.54) is 0 Å². The van der Waals surface area contributed by atoms with Gasteiger partial charge in [0.25, 0.3) is 0 Å². The SMILES string of the molecule is CCCC(=O)NC[C@H]1CCCN(C(=O)/C=C/c2ccccc2)C1. The Morgan fingerprint density at radius 1 is 1.30 bits per heavy atom. The molecule has 0 radical (unpaired) electrons. The topological polar surface area (TPSA) is 49.4 Å². The minimum absolute atomic E-state index is 0.0541. The van der Waals surface area contributed by atoms with E-state index in [0.29, 0.717) is 18.9 Å². The van der Waals surface area contributed by atoms with Crippen LogP contribution in [0.1, 0.15) is 38.2 Å². The molecular formula is C19H26N2O2. The molecule has 2 amide bonds. The van der Waals surface area contributed by atoms with Crippen molar-refractivity contribution in [2.45, 2.75) is 32.6 Å². The van der Waals surface area contributed by atoms with E-state index in [-0.39, 0.29) is 11.8 Å². The Labute approximate surface area is 138 Å². The lowest BCUT2D eigenvalue weighted by molar-refractivity contribution is -0.127. The molecule has 1 aromatic carbocycles. The van der Waals surface area contributed by atoms with Gasteiger partial charge in [0.15, 0.2) is 0 Å². The van der Waals surface area contributed by atoms with Gasteiger partial charge in [0.2, 0.25) is 11.8 Å². The smallest absolute Gasteiger partial charge is 0.246 e. The second-order valence-electron chi connectivity index (χ2n) is 6.09. The molecule has 1 fully saturated rings. The molecule has 1 aromatic rings. The lowest BCUT2D eigenvalue weighted by atomic mass is 9.97. The van der Waals surface area contributed by atoms with Gasteiger partial charge in [0.05, 0.1) is 0 Å². The second kappa shape index (κ2) is 9.13. The highest BCUT2D eigenvalue weighted by molar-refractivity contribution is 5.91. The van der Waals surface area contributed by atoms with Crippen molar-refractivity contribution >= 4 is 17.9 Å². The number of piperidine rings is 1. The Kier molecular flexibility index (Phi) is 6.85. The molecule has 0 saturated carbocycles. The standard InChI is InChI=1S/C19H26N2O2/c1-2-7-18(22)20-14-17-10-6-13-21(15-17)19(23)12-11-16-8-4-3-5-9-16/h3-5,8-9,11-12,17H,2,6-7,10,13-15H2,1H3,(H,20,22)/b12-11+/t17-/m1/s1. The molecule has 0 aliphatic carbocycles. The van der Waals surface area contributed by atoms with E-state index in [1.54, 1.807) is 6.08 Å². The number of nitrogens with zero attached hydrogens (tertiary/aromatic N) is 1. The molecule has 1 heterocycles. The lowest BCUT2D eigenvalue weighted by Crippen LogP contribution is -2.43. The van der Waals surface area contributed by atoms with Crippen LogP contribution in [0.25, 0.3) is 6.08 Å². The van der Waals surface area contributed by atoms with Crippen LogP contribution in [-0.4, -0.2) is 36.3 Å². The van der Waals surface area contributed by atoms with E-state index in [4.69, 9.17) is 0 Å². The third kappa shape index (κ3) is 5.89. The Bertz CT molecular complexity index is 540. The summed E-state index contributed by atoms with van der Waals surface area (Å²) in [6.45, 7) is 4.20. The van der Waals surface area contributed by atoms with Gasteiger partial charge >= 0.3 is 0 Å². The van der Waals surface area contributed by atoms with Gasteiger partial charge in [-0.25, -0.2) is 0 Å². The Hall–Kier alpha value is -2.10. The molecule has 0 aromatic heterocycles. The van der Waals surface area contributed by atoms with Gasteiger partial charge in [-0.15, -0.1) is 0 Å². The van der Waals surface area contributed by atoms with Crippen molar-refractivity contribution in [1.29, 1.82) is 0 Å². The summed E-state index contributed by atoms with van der Waals surface area (Å²) in [5.41, 5.74) is 1.03. The van der Waals surface area contributed by atoms with Crippen LogP contribution in [0, 0.1) is 5.92 Å². The fraction of sp³-hybridized carbons (Fsp3) is 0.474. The van der Waals surface area contributed by atoms with Crippen LogP contribution in [0.3, 0.4) is 0 Å². The maximum atomic E-state index is 12.3. The van der Waals surface area contributed by atoms with Gasteiger partial charge in [-0.05, 0) is 36.8 Å². The Morgan fingerprint density at radius 2 is 2.09 bits per heavy atom. The summed E-state index contributed by atoms with van der Waals surface area (Å²) in [6.07, 6.45) is 7.01. The van der Waals surface area contributed by atoms with Crippen molar-refractivity contribution in [3.05, 3.63) is 42.0 Å². The van der Waals surface area contributed by atoms with E-state index in [9.17, 15) is 9.59 Å². The fourth-order valence-electron chi connectivity index (χ4n) is 2.84. The molecule has 124 valence electrons. The molecule has 1 aliphatic rings. The predicted molar refractivity (Wildman–Crippen MR) is 92.7 cm³/mol. The minimum atomic E-state index is 0.0541. The molecule has 0 bridgehead atoms. The highest BCUT2D eigenvalue weighted by Crippen LogP contribution is 2.16. The molecule has 4 heteroatoms. The van der Waals surface area contributed by atoms with Gasteiger partial charge in [0, 0.05) is 32.1 Å². The zero-order chi connectivity index (χ0) is 16.5. The first-order chi connectivity index (χ1) is 11.2. The Balaban J connectivity index is 1.81. The summed E-state index contributed by atoms with van der Waals surface area (Å²) in [5, 5.41) is 2.98. The van der Waals surface area contributed by atoms with Crippen molar-refractivity contribution in [2.75, 3.05) is 19.6 Å². The van der Waals surface area contributed by atoms with E-state index in [1.807, 2.05) is 48.2 Å². The molecule has 0 unspecified atom stereocenters. The molecule has 4 nitrogen and oxygen atoms in total. The molecule has 1 N–H and O–H groups in total. The van der Waals surface area contributed by atoms with E-state index >= 15 is 0 Å². The zero-order valence-electron chi connectivity index (χ0n) is 13.8. The number of carbonyl (C=O) groups excluding carboxylic acids is 2. The third-order valence-electron chi connectivity index (χ3n) is 4.11. The first kappa shape index (κ1) is 17.3. The van der Waals surface area contributed by atoms with Crippen molar-refractivity contribution in [3.63, 3.8) is 0 Å². The number of carbonyl (C=O) groups is 2. The van der Waals surface area contributed by atoms with Gasteiger partial charge in [-0.1, -0.05) is 37.3 Å². The van der Waals surface area contributed by atoms with Gasteiger partial charge in [0.1, 0.15) is 0 Å². The molecule has 1 atom stereocenters. The summed E-state index contributed by atoms with van der Waals surface area (Å²) in [7, 11) is 0. The second-order valence-corrected chi connectivity index (χ2v) is 6.09. The predicted octanol–water partition coefficient (Wildman–Crippen LogP) is 2.85. The van der Waals surface area contributed by atoms with Gasteiger partial charge < -0.3 is 10.2 Å². The van der Waals surface area contributed by atoms with Gasteiger partial charge in [-0.3, -0.25) is 9.59 Å². The maximum Gasteiger partial charge on any atom is 0.246 e. The van der Waals surface area contributed by atoms with E-state index in [2.05, 4.69) is 5.32 Å². The summed E-state index contributed by atoms with van der Waals surface area (Å²) < 4.78 is 0. The summed E-state index contributed by atoms with van der Waals surface area (Å²) in [4.78, 5) is 25.8. The average molecular weight is 314 g/mol. The van der Waals surface area contributed by atoms with Crippen LogP contribution in [-0.2, 0) is 9.59 Å². The third-order valence-corrected chi connectivity index (χ3v) is 4.11. The van der Waals surface area contributed by atoms with Crippen molar-refractivity contribution in [1.82, 2.24) is 10.2 Å².